The van der Waals surface area contributed by atoms with E-state index < -0.39 is 11.4 Å². The monoisotopic (exact) mass is 216 g/mol. The summed E-state index contributed by atoms with van der Waals surface area (Å²) in [6, 6.07) is 0. The fourth-order valence-electron chi connectivity index (χ4n) is 1.17. The number of ether oxygens (including phenoxy) is 1. The van der Waals surface area contributed by atoms with Crippen LogP contribution in [0.1, 0.15) is 26.7 Å². The number of hydrogen-bond donors (Lipinski definition) is 2. The number of aliphatic hydroxyl groups is 2. The Balaban J connectivity index is 4.28. The normalized spacial score (nSPS) is 14.4. The van der Waals surface area contributed by atoms with E-state index in [1.54, 1.807) is 6.92 Å². The lowest BCUT2D eigenvalue weighted by Gasteiger charge is -2.29. The van der Waals surface area contributed by atoms with Gasteiger partial charge in [-0.05, 0) is 19.8 Å². The average Bonchev–Trinajstić information content (AvgIpc) is 2.23. The van der Waals surface area contributed by atoms with Crippen LogP contribution in [0.25, 0.3) is 0 Å². The van der Waals surface area contributed by atoms with E-state index in [9.17, 15) is 9.90 Å². The minimum atomic E-state index is -0.528. The Kier molecular flexibility index (Phi) is 6.20. The predicted molar refractivity (Wildman–Crippen MR) is 57.3 cm³/mol. The summed E-state index contributed by atoms with van der Waals surface area (Å²) in [5.41, 5.74) is -0.193. The molecule has 0 saturated carbocycles. The SMILES string of the molecule is C=C(C)C(=O)OCC(CC)(CO)CCO. The molecule has 0 amide bonds. The molecular formula is C11H20O4. The van der Waals surface area contributed by atoms with Gasteiger partial charge in [0.05, 0.1) is 13.2 Å². The topological polar surface area (TPSA) is 66.8 Å². The van der Waals surface area contributed by atoms with Gasteiger partial charge in [-0.2, -0.15) is 0 Å². The molecule has 0 heterocycles. The maximum absolute atomic E-state index is 11.2. The van der Waals surface area contributed by atoms with Crippen LogP contribution in [0.3, 0.4) is 0 Å². The van der Waals surface area contributed by atoms with Crippen LogP contribution in [0.2, 0.25) is 0 Å². The first kappa shape index (κ1) is 14.1. The molecule has 1 atom stereocenters. The summed E-state index contributed by atoms with van der Waals surface area (Å²) < 4.78 is 4.99. The number of aliphatic hydroxyl groups excluding tert-OH is 2. The van der Waals surface area contributed by atoms with Crippen molar-refractivity contribution >= 4 is 5.97 Å². The number of carbonyl (C=O) groups is 1. The van der Waals surface area contributed by atoms with Crippen molar-refractivity contribution in [2.24, 2.45) is 5.41 Å². The van der Waals surface area contributed by atoms with Gasteiger partial charge < -0.3 is 14.9 Å². The minimum Gasteiger partial charge on any atom is -0.462 e. The molecule has 88 valence electrons. The van der Waals surface area contributed by atoms with Crippen molar-refractivity contribution in [1.29, 1.82) is 0 Å². The highest BCUT2D eigenvalue weighted by Gasteiger charge is 2.28. The molecule has 15 heavy (non-hydrogen) atoms. The molecule has 0 radical (unpaired) electrons. The maximum Gasteiger partial charge on any atom is 0.333 e. The van der Waals surface area contributed by atoms with Crippen LogP contribution in [-0.4, -0.2) is 36.0 Å². The molecule has 0 aromatic carbocycles. The molecule has 4 nitrogen and oxygen atoms in total. The van der Waals surface area contributed by atoms with Crippen molar-refractivity contribution in [2.75, 3.05) is 19.8 Å². The van der Waals surface area contributed by atoms with E-state index in [4.69, 9.17) is 9.84 Å². The second-order valence-corrected chi connectivity index (χ2v) is 3.84. The third kappa shape index (κ3) is 4.44. The summed E-state index contributed by atoms with van der Waals surface area (Å²) >= 11 is 0. The molecule has 2 N–H and O–H groups in total. The van der Waals surface area contributed by atoms with Crippen molar-refractivity contribution in [3.8, 4) is 0 Å². The molecule has 0 aliphatic carbocycles. The fraction of sp³-hybridized carbons (Fsp3) is 0.727. The van der Waals surface area contributed by atoms with E-state index >= 15 is 0 Å². The van der Waals surface area contributed by atoms with Crippen LogP contribution in [0.4, 0.5) is 0 Å². The molecule has 0 fully saturated rings. The molecule has 0 saturated heterocycles. The summed E-state index contributed by atoms with van der Waals surface area (Å²) in [4.78, 5) is 11.2. The first-order chi connectivity index (χ1) is 7.01. The van der Waals surface area contributed by atoms with Crippen molar-refractivity contribution in [3.05, 3.63) is 12.2 Å². The summed E-state index contributed by atoms with van der Waals surface area (Å²) in [5.74, 6) is -0.459. The van der Waals surface area contributed by atoms with Gasteiger partial charge in [-0.15, -0.1) is 0 Å². The van der Waals surface area contributed by atoms with Gasteiger partial charge in [-0.1, -0.05) is 13.5 Å². The lowest BCUT2D eigenvalue weighted by atomic mass is 9.84. The van der Waals surface area contributed by atoms with Gasteiger partial charge in [-0.3, -0.25) is 0 Å². The van der Waals surface area contributed by atoms with Crippen LogP contribution in [0.5, 0.6) is 0 Å². The summed E-state index contributed by atoms with van der Waals surface area (Å²) in [6.07, 6.45) is 1.07. The Bertz CT molecular complexity index is 219. The van der Waals surface area contributed by atoms with Crippen molar-refractivity contribution < 1.29 is 19.7 Å². The summed E-state index contributed by atoms with van der Waals surface area (Å²) in [6.45, 7) is 6.91. The zero-order chi connectivity index (χ0) is 11.9. The van der Waals surface area contributed by atoms with Crippen molar-refractivity contribution in [1.82, 2.24) is 0 Å². The highest BCUT2D eigenvalue weighted by molar-refractivity contribution is 5.86. The van der Waals surface area contributed by atoms with Gasteiger partial charge >= 0.3 is 5.97 Å². The zero-order valence-electron chi connectivity index (χ0n) is 9.45. The van der Waals surface area contributed by atoms with E-state index in [2.05, 4.69) is 6.58 Å². The molecule has 1 unspecified atom stereocenters. The molecule has 0 bridgehead atoms. The smallest absolute Gasteiger partial charge is 0.333 e. The highest BCUT2D eigenvalue weighted by Crippen LogP contribution is 2.26. The molecule has 4 heteroatoms. The molecule has 0 spiro atoms. The number of carbonyl (C=O) groups excluding carboxylic acids is 1. The molecule has 0 aromatic rings. The predicted octanol–water partition coefficient (Wildman–Crippen LogP) is 0.877. The lowest BCUT2D eigenvalue weighted by molar-refractivity contribution is -0.144. The van der Waals surface area contributed by atoms with Gasteiger partial charge in [0.2, 0.25) is 0 Å². The standard InChI is InChI=1S/C11H20O4/c1-4-11(7-13,5-6-12)8-15-10(14)9(2)3/h12-13H,2,4-8H2,1,3H3. The van der Waals surface area contributed by atoms with Gasteiger partial charge in [-0.25, -0.2) is 4.79 Å². The molecule has 0 aliphatic rings. The van der Waals surface area contributed by atoms with E-state index in [1.807, 2.05) is 6.92 Å². The second-order valence-electron chi connectivity index (χ2n) is 3.84. The summed E-state index contributed by atoms with van der Waals surface area (Å²) in [5, 5.41) is 18.1. The third-order valence-corrected chi connectivity index (χ3v) is 2.59. The Morgan fingerprint density at radius 2 is 2.07 bits per heavy atom. The Morgan fingerprint density at radius 3 is 2.40 bits per heavy atom. The van der Waals surface area contributed by atoms with E-state index in [-0.39, 0.29) is 19.8 Å². The average molecular weight is 216 g/mol. The van der Waals surface area contributed by atoms with Gasteiger partial charge in [0.25, 0.3) is 0 Å². The molecule has 0 aromatic heterocycles. The van der Waals surface area contributed by atoms with Crippen molar-refractivity contribution in [3.63, 3.8) is 0 Å². The van der Waals surface area contributed by atoms with Crippen molar-refractivity contribution in [2.45, 2.75) is 26.7 Å². The quantitative estimate of drug-likeness (QED) is 0.489. The number of esters is 1. The Hall–Kier alpha value is -0.870. The van der Waals surface area contributed by atoms with Gasteiger partial charge in [0, 0.05) is 17.6 Å². The lowest BCUT2D eigenvalue weighted by Crippen LogP contribution is -2.33. The molecule has 0 aliphatic heterocycles. The highest BCUT2D eigenvalue weighted by atomic mass is 16.5. The number of hydrogen-bond acceptors (Lipinski definition) is 4. The first-order valence-corrected chi connectivity index (χ1v) is 5.05. The maximum atomic E-state index is 11.2. The fourth-order valence-corrected chi connectivity index (χ4v) is 1.17. The van der Waals surface area contributed by atoms with E-state index in [1.165, 1.54) is 0 Å². The second kappa shape index (κ2) is 6.58. The Morgan fingerprint density at radius 1 is 1.47 bits per heavy atom. The third-order valence-electron chi connectivity index (χ3n) is 2.59. The minimum absolute atomic E-state index is 0.0287. The van der Waals surface area contributed by atoms with Gasteiger partial charge in [0.1, 0.15) is 0 Å². The Labute approximate surface area is 90.6 Å². The zero-order valence-corrected chi connectivity index (χ0v) is 9.45. The van der Waals surface area contributed by atoms with E-state index in [0.717, 1.165) is 0 Å². The van der Waals surface area contributed by atoms with Crippen LogP contribution in [0.15, 0.2) is 12.2 Å². The molecule has 0 rings (SSSR count). The molecular weight excluding hydrogens is 196 g/mol. The van der Waals surface area contributed by atoms with Crippen LogP contribution in [-0.2, 0) is 9.53 Å². The van der Waals surface area contributed by atoms with Crippen LogP contribution >= 0.6 is 0 Å². The van der Waals surface area contributed by atoms with Crippen LogP contribution < -0.4 is 0 Å². The van der Waals surface area contributed by atoms with Gasteiger partial charge in [0.15, 0.2) is 0 Å². The van der Waals surface area contributed by atoms with Crippen LogP contribution in [0, 0.1) is 5.41 Å². The first-order valence-electron chi connectivity index (χ1n) is 5.05. The number of rotatable bonds is 7. The van der Waals surface area contributed by atoms with E-state index in [0.29, 0.717) is 18.4 Å². The largest absolute Gasteiger partial charge is 0.462 e. The summed E-state index contributed by atoms with van der Waals surface area (Å²) in [7, 11) is 0.